The molecule has 0 N–H and O–H groups in total. The summed E-state index contributed by atoms with van der Waals surface area (Å²) in [4.78, 5) is 4.22. The minimum Gasteiger partial charge on any atom is -0.257 e. The van der Waals surface area contributed by atoms with E-state index in [-0.39, 0.29) is 0 Å². The summed E-state index contributed by atoms with van der Waals surface area (Å²) in [5.74, 6) is 0. The fraction of sp³-hybridized carbons (Fsp3) is 0.267. The minimum atomic E-state index is 0.978. The van der Waals surface area contributed by atoms with Crippen molar-refractivity contribution in [1.29, 1.82) is 0 Å². The second-order valence-corrected chi connectivity index (χ2v) is 4.07. The highest BCUT2D eigenvalue weighted by molar-refractivity contribution is 5.48. The molecule has 1 heterocycles. The van der Waals surface area contributed by atoms with Gasteiger partial charge in [-0.05, 0) is 44.9 Å². The van der Waals surface area contributed by atoms with Crippen molar-refractivity contribution in [3.63, 3.8) is 0 Å². The molecule has 0 saturated heterocycles. The molecule has 1 aromatic rings. The van der Waals surface area contributed by atoms with Gasteiger partial charge in [-0.3, -0.25) is 4.98 Å². The highest BCUT2D eigenvalue weighted by atomic mass is 14.6. The first-order valence-electron chi connectivity index (χ1n) is 5.59. The van der Waals surface area contributed by atoms with Gasteiger partial charge in [0.15, 0.2) is 0 Å². The van der Waals surface area contributed by atoms with E-state index in [2.05, 4.69) is 31.5 Å². The maximum absolute atomic E-state index is 4.22. The van der Waals surface area contributed by atoms with Crippen molar-refractivity contribution < 1.29 is 0 Å². The Bertz CT molecular complexity index is 381. The van der Waals surface area contributed by atoms with Gasteiger partial charge >= 0.3 is 0 Å². The third-order valence-electron chi connectivity index (χ3n) is 2.20. The van der Waals surface area contributed by atoms with Crippen molar-refractivity contribution in [1.82, 2.24) is 4.98 Å². The van der Waals surface area contributed by atoms with Gasteiger partial charge in [-0.2, -0.15) is 0 Å². The molecule has 1 heteroatoms. The lowest BCUT2D eigenvalue weighted by molar-refractivity contribution is 0.999. The van der Waals surface area contributed by atoms with Gasteiger partial charge in [0.1, 0.15) is 0 Å². The molecule has 0 aromatic carbocycles. The number of aromatic nitrogens is 1. The van der Waals surface area contributed by atoms with Crippen LogP contribution in [-0.2, 0) is 0 Å². The quantitative estimate of drug-likeness (QED) is 0.522. The van der Waals surface area contributed by atoms with Crippen molar-refractivity contribution >= 4 is 6.08 Å². The zero-order chi connectivity index (χ0) is 11.8. The third kappa shape index (κ3) is 5.30. The van der Waals surface area contributed by atoms with Gasteiger partial charge in [0.2, 0.25) is 0 Å². The summed E-state index contributed by atoms with van der Waals surface area (Å²) in [5, 5.41) is 0. The Hall–Kier alpha value is -1.63. The van der Waals surface area contributed by atoms with E-state index in [1.807, 2.05) is 30.4 Å². The molecular formula is C15H19N. The summed E-state index contributed by atoms with van der Waals surface area (Å²) in [6.45, 7) is 8.26. The topological polar surface area (TPSA) is 12.9 Å². The average Bonchev–Trinajstić information content (AvgIpc) is 2.27. The molecule has 0 spiro atoms. The molecule has 0 radical (unpaired) electrons. The molecule has 0 amide bonds. The number of rotatable bonds is 5. The lowest BCUT2D eigenvalue weighted by Gasteiger charge is -1.97. The third-order valence-corrected chi connectivity index (χ3v) is 2.20. The second-order valence-electron chi connectivity index (χ2n) is 4.07. The molecule has 0 aliphatic carbocycles. The molecule has 1 rings (SSSR count). The molecule has 16 heavy (non-hydrogen) atoms. The minimum absolute atomic E-state index is 0.978. The smallest absolute Gasteiger partial charge is 0.0629 e. The van der Waals surface area contributed by atoms with Gasteiger partial charge in [0, 0.05) is 6.20 Å². The van der Waals surface area contributed by atoms with E-state index in [1.54, 1.807) is 6.20 Å². The van der Waals surface area contributed by atoms with Crippen LogP contribution in [0.1, 0.15) is 32.4 Å². The Morgan fingerprint density at radius 2 is 2.19 bits per heavy atom. The highest BCUT2D eigenvalue weighted by Crippen LogP contribution is 2.08. The van der Waals surface area contributed by atoms with Gasteiger partial charge in [0.25, 0.3) is 0 Å². The van der Waals surface area contributed by atoms with Crippen LogP contribution in [0.25, 0.3) is 6.08 Å². The first-order valence-corrected chi connectivity index (χ1v) is 5.59. The first kappa shape index (κ1) is 12.4. The van der Waals surface area contributed by atoms with Gasteiger partial charge in [-0.25, -0.2) is 0 Å². The van der Waals surface area contributed by atoms with E-state index >= 15 is 0 Å². The van der Waals surface area contributed by atoms with Crippen LogP contribution >= 0.6 is 0 Å². The summed E-state index contributed by atoms with van der Waals surface area (Å²) in [7, 11) is 0. The van der Waals surface area contributed by atoms with Crippen molar-refractivity contribution in [3.05, 3.63) is 60.0 Å². The van der Waals surface area contributed by atoms with Crippen LogP contribution in [0.3, 0.4) is 0 Å². The molecule has 0 unspecified atom stereocenters. The Balaban J connectivity index is 2.40. The summed E-state index contributed by atoms with van der Waals surface area (Å²) < 4.78 is 0. The molecule has 0 aliphatic rings. The van der Waals surface area contributed by atoms with Gasteiger partial charge in [0.05, 0.1) is 5.69 Å². The van der Waals surface area contributed by atoms with Crippen LogP contribution in [0.5, 0.6) is 0 Å². The standard InChI is InChI=1S/C15H19N/c1-13(2)7-6-8-14(3)10-11-15-9-4-5-12-16-15/h4-5,7,9-12H,3,6,8H2,1-2H3/b11-10+. The maximum atomic E-state index is 4.22. The lowest BCUT2D eigenvalue weighted by Crippen LogP contribution is -1.79. The number of pyridine rings is 1. The molecule has 0 aliphatic heterocycles. The van der Waals surface area contributed by atoms with E-state index in [4.69, 9.17) is 0 Å². The van der Waals surface area contributed by atoms with Crippen molar-refractivity contribution in [2.24, 2.45) is 0 Å². The number of nitrogens with zero attached hydrogens (tertiary/aromatic N) is 1. The van der Waals surface area contributed by atoms with Crippen LogP contribution in [0, 0.1) is 0 Å². The van der Waals surface area contributed by atoms with Crippen molar-refractivity contribution in [2.75, 3.05) is 0 Å². The SMILES string of the molecule is C=C(/C=C/c1ccccn1)CCC=C(C)C. The molecule has 0 saturated carbocycles. The van der Waals surface area contributed by atoms with E-state index in [9.17, 15) is 0 Å². The average molecular weight is 213 g/mol. The van der Waals surface area contributed by atoms with E-state index in [1.165, 1.54) is 5.57 Å². The highest BCUT2D eigenvalue weighted by Gasteiger charge is 1.89. The maximum Gasteiger partial charge on any atom is 0.0629 e. The summed E-state index contributed by atoms with van der Waals surface area (Å²) >= 11 is 0. The molecule has 0 fully saturated rings. The second kappa shape index (κ2) is 6.78. The largest absolute Gasteiger partial charge is 0.257 e. The lowest BCUT2D eigenvalue weighted by atomic mass is 10.1. The van der Waals surface area contributed by atoms with Crippen molar-refractivity contribution in [3.8, 4) is 0 Å². The molecule has 1 aromatic heterocycles. The molecular weight excluding hydrogens is 194 g/mol. The fourth-order valence-corrected chi connectivity index (χ4v) is 1.31. The monoisotopic (exact) mass is 213 g/mol. The number of hydrogen-bond donors (Lipinski definition) is 0. The van der Waals surface area contributed by atoms with E-state index in [0.29, 0.717) is 0 Å². The molecule has 0 atom stereocenters. The number of allylic oxidation sites excluding steroid dienone is 4. The Kier molecular flexibility index (Phi) is 5.27. The normalized spacial score (nSPS) is 10.4. The Morgan fingerprint density at radius 3 is 2.81 bits per heavy atom. The van der Waals surface area contributed by atoms with E-state index in [0.717, 1.165) is 24.1 Å². The van der Waals surface area contributed by atoms with Crippen LogP contribution in [-0.4, -0.2) is 4.98 Å². The molecule has 84 valence electrons. The van der Waals surface area contributed by atoms with E-state index < -0.39 is 0 Å². The summed E-state index contributed by atoms with van der Waals surface area (Å²) in [6, 6.07) is 5.89. The van der Waals surface area contributed by atoms with Gasteiger partial charge in [-0.1, -0.05) is 35.9 Å². The predicted octanol–water partition coefficient (Wildman–Crippen LogP) is 4.40. The Morgan fingerprint density at radius 1 is 1.38 bits per heavy atom. The van der Waals surface area contributed by atoms with Gasteiger partial charge in [-0.15, -0.1) is 0 Å². The predicted molar refractivity (Wildman–Crippen MR) is 71.1 cm³/mol. The molecule has 1 nitrogen and oxygen atoms in total. The van der Waals surface area contributed by atoms with Crippen LogP contribution < -0.4 is 0 Å². The van der Waals surface area contributed by atoms with Crippen LogP contribution in [0.15, 0.2) is 54.3 Å². The summed E-state index contributed by atoms with van der Waals surface area (Å²) in [6.07, 6.45) is 10.2. The molecule has 0 bridgehead atoms. The van der Waals surface area contributed by atoms with Gasteiger partial charge < -0.3 is 0 Å². The number of hydrogen-bond acceptors (Lipinski definition) is 1. The van der Waals surface area contributed by atoms with Crippen molar-refractivity contribution in [2.45, 2.75) is 26.7 Å². The van der Waals surface area contributed by atoms with Crippen LogP contribution in [0.2, 0.25) is 0 Å². The summed E-state index contributed by atoms with van der Waals surface area (Å²) in [5.41, 5.74) is 3.48. The van der Waals surface area contributed by atoms with Crippen LogP contribution in [0.4, 0.5) is 0 Å². The zero-order valence-electron chi connectivity index (χ0n) is 10.1. The fourth-order valence-electron chi connectivity index (χ4n) is 1.31. The Labute approximate surface area is 98.2 Å². The first-order chi connectivity index (χ1) is 7.68. The zero-order valence-corrected chi connectivity index (χ0v) is 10.1.